The highest BCUT2D eigenvalue weighted by molar-refractivity contribution is 7.99. The lowest BCUT2D eigenvalue weighted by molar-refractivity contribution is -0.113. The number of anilines is 1. The van der Waals surface area contributed by atoms with Gasteiger partial charge in [0, 0.05) is 5.56 Å². The molecule has 25 heavy (non-hydrogen) atoms. The topological polar surface area (TPSA) is 54.9 Å². The third kappa shape index (κ3) is 4.60. The Morgan fingerprint density at radius 1 is 0.960 bits per heavy atom. The predicted octanol–water partition coefficient (Wildman–Crippen LogP) is 4.15. The van der Waals surface area contributed by atoms with Crippen LogP contribution < -0.4 is 5.32 Å². The Labute approximate surface area is 147 Å². The van der Waals surface area contributed by atoms with E-state index in [-0.39, 0.29) is 23.2 Å². The van der Waals surface area contributed by atoms with E-state index in [2.05, 4.69) is 15.5 Å². The van der Waals surface area contributed by atoms with Gasteiger partial charge in [-0.3, -0.25) is 4.79 Å². The van der Waals surface area contributed by atoms with Gasteiger partial charge in [0.25, 0.3) is 0 Å². The van der Waals surface area contributed by atoms with E-state index >= 15 is 0 Å². The van der Waals surface area contributed by atoms with Gasteiger partial charge in [-0.05, 0) is 48.5 Å². The molecular weight excluding hydrogens is 344 g/mol. The zero-order valence-corrected chi connectivity index (χ0v) is 13.8. The summed E-state index contributed by atoms with van der Waals surface area (Å²) in [5.74, 6) is -1.05. The van der Waals surface area contributed by atoms with Crippen LogP contribution in [0.1, 0.15) is 0 Å². The van der Waals surface area contributed by atoms with Crippen LogP contribution in [0.15, 0.2) is 65.7 Å². The molecule has 1 aromatic heterocycles. The summed E-state index contributed by atoms with van der Waals surface area (Å²) in [6.07, 6.45) is 0. The van der Waals surface area contributed by atoms with Gasteiger partial charge in [0.1, 0.15) is 16.7 Å². The summed E-state index contributed by atoms with van der Waals surface area (Å²) in [7, 11) is 0. The molecule has 1 N–H and O–H groups in total. The molecule has 0 aliphatic rings. The molecule has 0 fully saturated rings. The fraction of sp³-hybridized carbons (Fsp3) is 0.0556. The molecule has 0 spiro atoms. The normalized spacial score (nSPS) is 10.5. The van der Waals surface area contributed by atoms with E-state index in [9.17, 15) is 13.6 Å². The first-order chi connectivity index (χ1) is 12.1. The van der Waals surface area contributed by atoms with Crippen molar-refractivity contribution in [3.8, 4) is 11.3 Å². The second-order valence-electron chi connectivity index (χ2n) is 5.08. The average Bonchev–Trinajstić information content (AvgIpc) is 2.63. The van der Waals surface area contributed by atoms with Gasteiger partial charge in [-0.25, -0.2) is 8.78 Å². The Balaban J connectivity index is 1.57. The summed E-state index contributed by atoms with van der Waals surface area (Å²) >= 11 is 1.19. The first-order valence-corrected chi connectivity index (χ1v) is 8.37. The lowest BCUT2D eigenvalue weighted by Crippen LogP contribution is -2.15. The smallest absolute Gasteiger partial charge is 0.234 e. The molecule has 0 aliphatic heterocycles. The first-order valence-electron chi connectivity index (χ1n) is 7.39. The Bertz CT molecular complexity index is 870. The largest absolute Gasteiger partial charge is 0.323 e. The maximum absolute atomic E-state index is 13.5. The summed E-state index contributed by atoms with van der Waals surface area (Å²) in [5, 5.41) is 11.2. The number of amides is 1. The van der Waals surface area contributed by atoms with E-state index in [1.165, 1.54) is 36.0 Å². The van der Waals surface area contributed by atoms with Gasteiger partial charge in [-0.15, -0.1) is 10.2 Å². The lowest BCUT2D eigenvalue weighted by Gasteiger charge is -2.06. The monoisotopic (exact) mass is 357 g/mol. The van der Waals surface area contributed by atoms with Gasteiger partial charge in [-0.2, -0.15) is 0 Å². The summed E-state index contributed by atoms with van der Waals surface area (Å²) in [5.41, 5.74) is 1.51. The van der Waals surface area contributed by atoms with Crippen LogP contribution in [0.2, 0.25) is 0 Å². The fourth-order valence-corrected chi connectivity index (χ4v) is 2.67. The molecule has 1 amide bonds. The number of carbonyl (C=O) groups is 1. The molecule has 7 heteroatoms. The number of hydrogen-bond acceptors (Lipinski definition) is 4. The van der Waals surface area contributed by atoms with Crippen molar-refractivity contribution in [3.63, 3.8) is 0 Å². The molecule has 0 radical (unpaired) electrons. The van der Waals surface area contributed by atoms with Crippen molar-refractivity contribution in [2.24, 2.45) is 0 Å². The summed E-state index contributed by atoms with van der Waals surface area (Å²) in [6, 6.07) is 15.4. The summed E-state index contributed by atoms with van der Waals surface area (Å²) < 4.78 is 26.4. The van der Waals surface area contributed by atoms with Crippen molar-refractivity contribution in [1.82, 2.24) is 10.2 Å². The number of nitrogens with one attached hydrogen (secondary N) is 1. The highest BCUT2D eigenvalue weighted by Crippen LogP contribution is 2.20. The molecule has 0 saturated carbocycles. The number of aromatic nitrogens is 2. The minimum absolute atomic E-state index is 0.0823. The molecule has 0 atom stereocenters. The van der Waals surface area contributed by atoms with E-state index in [1.54, 1.807) is 36.4 Å². The molecule has 4 nitrogen and oxygen atoms in total. The fourth-order valence-electron chi connectivity index (χ4n) is 2.06. The highest BCUT2D eigenvalue weighted by Gasteiger charge is 2.08. The van der Waals surface area contributed by atoms with Crippen molar-refractivity contribution < 1.29 is 13.6 Å². The van der Waals surface area contributed by atoms with Gasteiger partial charge in [0.05, 0.1) is 17.1 Å². The Kier molecular flexibility index (Phi) is 5.35. The number of thioether (sulfide) groups is 1. The van der Waals surface area contributed by atoms with Crippen LogP contribution in [0.5, 0.6) is 0 Å². The molecule has 0 unspecified atom stereocenters. The average molecular weight is 357 g/mol. The van der Waals surface area contributed by atoms with Crippen LogP contribution in [-0.4, -0.2) is 21.9 Å². The first kappa shape index (κ1) is 17.0. The Hall–Kier alpha value is -2.80. The lowest BCUT2D eigenvalue weighted by atomic mass is 10.1. The van der Waals surface area contributed by atoms with E-state index in [0.29, 0.717) is 10.7 Å². The maximum atomic E-state index is 13.5. The Morgan fingerprint density at radius 2 is 1.72 bits per heavy atom. The van der Waals surface area contributed by atoms with Crippen molar-refractivity contribution in [1.29, 1.82) is 0 Å². The van der Waals surface area contributed by atoms with Crippen molar-refractivity contribution in [2.45, 2.75) is 5.03 Å². The Morgan fingerprint density at radius 3 is 2.40 bits per heavy atom. The zero-order chi connectivity index (χ0) is 17.6. The molecule has 2 aromatic carbocycles. The second-order valence-corrected chi connectivity index (χ2v) is 6.08. The number of rotatable bonds is 5. The van der Waals surface area contributed by atoms with Crippen LogP contribution >= 0.6 is 11.8 Å². The molecule has 0 bridgehead atoms. The number of para-hydroxylation sites is 1. The van der Waals surface area contributed by atoms with E-state index in [1.807, 2.05) is 0 Å². The third-order valence-corrected chi connectivity index (χ3v) is 4.20. The predicted molar refractivity (Wildman–Crippen MR) is 93.2 cm³/mol. The molecule has 0 saturated heterocycles. The van der Waals surface area contributed by atoms with E-state index in [0.717, 1.165) is 5.56 Å². The van der Waals surface area contributed by atoms with Gasteiger partial charge in [-0.1, -0.05) is 23.9 Å². The molecule has 3 rings (SSSR count). The molecule has 3 aromatic rings. The zero-order valence-electron chi connectivity index (χ0n) is 12.9. The summed E-state index contributed by atoms with van der Waals surface area (Å²) in [4.78, 5) is 11.9. The highest BCUT2D eigenvalue weighted by atomic mass is 32.2. The second kappa shape index (κ2) is 7.85. The van der Waals surface area contributed by atoms with Crippen molar-refractivity contribution >= 4 is 23.4 Å². The van der Waals surface area contributed by atoms with Crippen LogP contribution in [0, 0.1) is 11.6 Å². The van der Waals surface area contributed by atoms with Crippen molar-refractivity contribution in [2.75, 3.05) is 11.1 Å². The number of halogens is 2. The van der Waals surface area contributed by atoms with Gasteiger partial charge in [0.2, 0.25) is 5.91 Å². The summed E-state index contributed by atoms with van der Waals surface area (Å²) in [6.45, 7) is 0. The van der Waals surface area contributed by atoms with Gasteiger partial charge < -0.3 is 5.32 Å². The van der Waals surface area contributed by atoms with Crippen LogP contribution in [0.4, 0.5) is 14.5 Å². The minimum Gasteiger partial charge on any atom is -0.323 e. The van der Waals surface area contributed by atoms with E-state index < -0.39 is 5.82 Å². The third-order valence-electron chi connectivity index (χ3n) is 3.28. The molecule has 0 aliphatic carbocycles. The number of benzene rings is 2. The van der Waals surface area contributed by atoms with Gasteiger partial charge >= 0.3 is 0 Å². The van der Waals surface area contributed by atoms with Crippen molar-refractivity contribution in [3.05, 3.63) is 72.3 Å². The van der Waals surface area contributed by atoms with Gasteiger partial charge in [0.15, 0.2) is 0 Å². The SMILES string of the molecule is O=C(CSc1ccc(-c2ccc(F)cc2)nn1)Nc1ccccc1F. The standard InChI is InChI=1S/C18H13F2N3OS/c19-13-7-5-12(6-8-13)15-9-10-18(23-22-15)25-11-17(24)21-16-4-2-1-3-14(16)20/h1-10H,11H2,(H,21,24). The van der Waals surface area contributed by atoms with Crippen LogP contribution in [0.25, 0.3) is 11.3 Å². The number of carbonyl (C=O) groups excluding carboxylic acids is 1. The van der Waals surface area contributed by atoms with E-state index in [4.69, 9.17) is 0 Å². The number of nitrogens with zero attached hydrogens (tertiary/aromatic N) is 2. The van der Waals surface area contributed by atoms with Crippen LogP contribution in [-0.2, 0) is 4.79 Å². The molecule has 1 heterocycles. The number of hydrogen-bond donors (Lipinski definition) is 1. The quantitative estimate of drug-likeness (QED) is 0.697. The van der Waals surface area contributed by atoms with Crippen LogP contribution in [0.3, 0.4) is 0 Å². The maximum Gasteiger partial charge on any atom is 0.234 e. The molecule has 126 valence electrons. The molecular formula is C18H13F2N3OS. The minimum atomic E-state index is -0.482.